The Bertz CT molecular complexity index is 1030. The minimum atomic E-state index is -1.12. The highest BCUT2D eigenvalue weighted by molar-refractivity contribution is 5.96. The van der Waals surface area contributed by atoms with Crippen LogP contribution in [0.3, 0.4) is 0 Å². The number of aromatic hydroxyl groups is 1. The third-order valence-corrected chi connectivity index (χ3v) is 6.41. The number of aromatic carboxylic acids is 1. The Kier molecular flexibility index (Phi) is 8.31. The molecule has 0 amide bonds. The average molecular weight is 469 g/mol. The van der Waals surface area contributed by atoms with Crippen molar-refractivity contribution >= 4 is 17.9 Å². The first-order valence-corrected chi connectivity index (χ1v) is 11.7. The van der Waals surface area contributed by atoms with Gasteiger partial charge in [-0.1, -0.05) is 39.3 Å². The molecule has 1 aliphatic carbocycles. The summed E-state index contributed by atoms with van der Waals surface area (Å²) in [7, 11) is 0. The molecule has 182 valence electrons. The van der Waals surface area contributed by atoms with Crippen molar-refractivity contribution in [3.8, 4) is 22.6 Å². The third kappa shape index (κ3) is 6.59. The molecular formula is C27H32O7. The third-order valence-electron chi connectivity index (χ3n) is 6.41. The number of esters is 2. The van der Waals surface area contributed by atoms with Crippen LogP contribution in [0, 0.1) is 17.8 Å². The molecule has 7 nitrogen and oxygen atoms in total. The van der Waals surface area contributed by atoms with Crippen molar-refractivity contribution in [3.05, 3.63) is 48.0 Å². The van der Waals surface area contributed by atoms with Gasteiger partial charge in [0.25, 0.3) is 0 Å². The lowest BCUT2D eigenvalue weighted by atomic mass is 9.75. The van der Waals surface area contributed by atoms with Crippen LogP contribution in [0.15, 0.2) is 42.5 Å². The normalized spacial score (nSPS) is 20.1. The van der Waals surface area contributed by atoms with Crippen LogP contribution in [-0.4, -0.2) is 34.2 Å². The van der Waals surface area contributed by atoms with E-state index in [0.717, 1.165) is 19.3 Å². The van der Waals surface area contributed by atoms with Crippen LogP contribution >= 0.6 is 0 Å². The lowest BCUT2D eigenvalue weighted by Gasteiger charge is -2.36. The summed E-state index contributed by atoms with van der Waals surface area (Å²) in [5.74, 6) is -0.647. The molecule has 0 radical (unpaired) electrons. The molecule has 3 atom stereocenters. The molecule has 0 aliphatic heterocycles. The smallest absolute Gasteiger partial charge is 0.336 e. The van der Waals surface area contributed by atoms with Crippen molar-refractivity contribution < 1.29 is 34.1 Å². The van der Waals surface area contributed by atoms with E-state index in [1.54, 1.807) is 12.1 Å². The molecule has 0 spiro atoms. The van der Waals surface area contributed by atoms with Gasteiger partial charge in [-0.2, -0.15) is 0 Å². The quantitative estimate of drug-likeness (QED) is 0.392. The lowest BCUT2D eigenvalue weighted by molar-refractivity contribution is -0.157. The molecule has 1 saturated carbocycles. The zero-order valence-corrected chi connectivity index (χ0v) is 19.8. The second-order valence-corrected chi connectivity index (χ2v) is 9.39. The monoisotopic (exact) mass is 468 g/mol. The molecule has 1 fully saturated rings. The summed E-state index contributed by atoms with van der Waals surface area (Å²) in [5.41, 5.74) is 0.942. The maximum atomic E-state index is 12.4. The van der Waals surface area contributed by atoms with Crippen molar-refractivity contribution in [2.24, 2.45) is 17.8 Å². The highest BCUT2D eigenvalue weighted by Gasteiger charge is 2.33. The summed E-state index contributed by atoms with van der Waals surface area (Å²) in [5, 5.41) is 19.0. The van der Waals surface area contributed by atoms with E-state index < -0.39 is 17.9 Å². The van der Waals surface area contributed by atoms with Gasteiger partial charge in [0.15, 0.2) is 0 Å². The van der Waals surface area contributed by atoms with Gasteiger partial charge in [-0.3, -0.25) is 9.59 Å². The summed E-state index contributed by atoms with van der Waals surface area (Å²) in [6, 6.07) is 10.3. The van der Waals surface area contributed by atoms with Crippen LogP contribution in [0.4, 0.5) is 0 Å². The fourth-order valence-corrected chi connectivity index (χ4v) is 4.52. The van der Waals surface area contributed by atoms with E-state index in [0.29, 0.717) is 28.9 Å². The van der Waals surface area contributed by atoms with Gasteiger partial charge in [-0.25, -0.2) is 4.79 Å². The number of carbonyl (C=O) groups is 3. The fraction of sp³-hybridized carbons (Fsp3) is 0.444. The van der Waals surface area contributed by atoms with Crippen LogP contribution in [0.1, 0.15) is 63.2 Å². The van der Waals surface area contributed by atoms with Gasteiger partial charge in [0.2, 0.25) is 0 Å². The average Bonchev–Trinajstić information content (AvgIpc) is 2.78. The van der Waals surface area contributed by atoms with Gasteiger partial charge in [0, 0.05) is 0 Å². The van der Waals surface area contributed by atoms with E-state index in [1.165, 1.54) is 30.3 Å². The van der Waals surface area contributed by atoms with Crippen molar-refractivity contribution in [2.45, 2.75) is 59.0 Å². The zero-order valence-electron chi connectivity index (χ0n) is 19.8. The zero-order chi connectivity index (χ0) is 24.8. The Balaban J connectivity index is 1.61. The van der Waals surface area contributed by atoms with Crippen LogP contribution in [0.5, 0.6) is 11.5 Å². The van der Waals surface area contributed by atoms with Crippen molar-refractivity contribution in [1.82, 2.24) is 0 Å². The number of carboxylic acid groups (broad SMARTS) is 1. The first-order chi connectivity index (χ1) is 16.1. The summed E-state index contributed by atoms with van der Waals surface area (Å²) < 4.78 is 11.1. The maximum absolute atomic E-state index is 12.4. The lowest BCUT2D eigenvalue weighted by Crippen LogP contribution is -2.36. The maximum Gasteiger partial charge on any atom is 0.336 e. The van der Waals surface area contributed by atoms with E-state index in [1.807, 2.05) is 0 Å². The summed E-state index contributed by atoms with van der Waals surface area (Å²) >= 11 is 0. The Hall–Kier alpha value is -3.35. The molecule has 7 heteroatoms. The number of carboxylic acids is 1. The number of carbonyl (C=O) groups excluding carboxylic acids is 2. The van der Waals surface area contributed by atoms with Crippen LogP contribution < -0.4 is 4.74 Å². The second-order valence-electron chi connectivity index (χ2n) is 9.39. The molecule has 2 N–H and O–H groups in total. The SMILES string of the molecule is CC1CCC(C(C)C)C(OC(=O)CCC(=O)Oc2ccc(C(=O)O)c(-c3ccc(O)cc3)c2)C1. The molecule has 3 unspecified atom stereocenters. The van der Waals surface area contributed by atoms with Gasteiger partial charge in [-0.05, 0) is 72.1 Å². The predicted octanol–water partition coefficient (Wildman–Crippen LogP) is 5.45. The molecular weight excluding hydrogens is 436 g/mol. The molecule has 2 aromatic rings. The van der Waals surface area contributed by atoms with Gasteiger partial charge < -0.3 is 19.7 Å². The van der Waals surface area contributed by atoms with E-state index in [2.05, 4.69) is 20.8 Å². The second kappa shape index (κ2) is 11.2. The van der Waals surface area contributed by atoms with E-state index in [9.17, 15) is 24.6 Å². The largest absolute Gasteiger partial charge is 0.508 e. The van der Waals surface area contributed by atoms with Crippen LogP contribution in [0.2, 0.25) is 0 Å². The number of phenols is 1. The van der Waals surface area contributed by atoms with E-state index >= 15 is 0 Å². The molecule has 2 aromatic carbocycles. The Morgan fingerprint density at radius 2 is 1.68 bits per heavy atom. The number of ether oxygens (including phenoxy) is 2. The summed E-state index contributed by atoms with van der Waals surface area (Å²) in [6.07, 6.45) is 2.68. The summed E-state index contributed by atoms with van der Waals surface area (Å²) in [6.45, 7) is 6.44. The number of hydrogen-bond acceptors (Lipinski definition) is 6. The molecule has 0 bridgehead atoms. The molecule has 0 saturated heterocycles. The number of benzene rings is 2. The molecule has 3 rings (SSSR count). The van der Waals surface area contributed by atoms with Gasteiger partial charge in [0.05, 0.1) is 18.4 Å². The standard InChI is InChI=1S/C27H32O7/c1-16(2)21-10-4-17(3)14-24(21)34-26(30)13-12-25(29)33-20-9-11-22(27(31)32)23(15-20)18-5-7-19(28)8-6-18/h5-9,11,15-17,21,24,28H,4,10,12-14H2,1-3H3,(H,31,32). The molecule has 1 aliphatic rings. The predicted molar refractivity (Wildman–Crippen MR) is 127 cm³/mol. The first-order valence-electron chi connectivity index (χ1n) is 11.7. The highest BCUT2D eigenvalue weighted by atomic mass is 16.5. The molecule has 0 aromatic heterocycles. The highest BCUT2D eigenvalue weighted by Crippen LogP contribution is 2.35. The molecule has 0 heterocycles. The van der Waals surface area contributed by atoms with Gasteiger partial charge >= 0.3 is 17.9 Å². The van der Waals surface area contributed by atoms with Crippen molar-refractivity contribution in [3.63, 3.8) is 0 Å². The van der Waals surface area contributed by atoms with Gasteiger partial charge in [0.1, 0.15) is 17.6 Å². The van der Waals surface area contributed by atoms with Crippen LogP contribution in [0.25, 0.3) is 11.1 Å². The first kappa shape index (κ1) is 25.3. The minimum Gasteiger partial charge on any atom is -0.508 e. The number of hydrogen-bond donors (Lipinski definition) is 2. The summed E-state index contributed by atoms with van der Waals surface area (Å²) in [4.78, 5) is 36.4. The Labute approximate surface area is 199 Å². The van der Waals surface area contributed by atoms with Crippen molar-refractivity contribution in [1.29, 1.82) is 0 Å². The van der Waals surface area contributed by atoms with Gasteiger partial charge in [-0.15, -0.1) is 0 Å². The van der Waals surface area contributed by atoms with Crippen LogP contribution in [-0.2, 0) is 14.3 Å². The number of rotatable bonds is 8. The molecule has 34 heavy (non-hydrogen) atoms. The Morgan fingerprint density at radius 1 is 1.00 bits per heavy atom. The fourth-order valence-electron chi connectivity index (χ4n) is 4.52. The Morgan fingerprint density at radius 3 is 2.32 bits per heavy atom. The van der Waals surface area contributed by atoms with E-state index in [-0.39, 0.29) is 36.0 Å². The minimum absolute atomic E-state index is 0.0375. The number of phenolic OH excluding ortho intramolecular Hbond substituents is 1. The van der Waals surface area contributed by atoms with E-state index in [4.69, 9.17) is 9.47 Å². The topological polar surface area (TPSA) is 110 Å². The van der Waals surface area contributed by atoms with Crippen molar-refractivity contribution in [2.75, 3.05) is 0 Å².